The van der Waals surface area contributed by atoms with Crippen molar-refractivity contribution in [1.29, 1.82) is 0 Å². The van der Waals surface area contributed by atoms with E-state index in [0.717, 1.165) is 59.9 Å². The molecule has 8 heteroatoms. The number of carbonyl (C=O) groups excluding carboxylic acids is 1. The Morgan fingerprint density at radius 2 is 1.77 bits per heavy atom. The van der Waals surface area contributed by atoms with Crippen LogP contribution in [0.15, 0.2) is 48.5 Å². The highest BCUT2D eigenvalue weighted by atomic mass is 35.5. The first-order chi connectivity index (χ1) is 15.2. The number of hydrogen-bond donors (Lipinski definition) is 1. The van der Waals surface area contributed by atoms with Crippen molar-refractivity contribution in [3.8, 4) is 0 Å². The lowest BCUT2D eigenvalue weighted by atomic mass is 10.1. The second-order valence-corrected chi connectivity index (χ2v) is 7.91. The molecule has 0 saturated carbocycles. The Kier molecular flexibility index (Phi) is 6.84. The lowest BCUT2D eigenvalue weighted by molar-refractivity contribution is 0.0944. The molecule has 2 heterocycles. The number of benzene rings is 2. The molecule has 31 heavy (non-hydrogen) atoms. The van der Waals surface area contributed by atoms with Crippen molar-refractivity contribution >= 4 is 39.8 Å². The topological polar surface area (TPSA) is 70.6 Å². The number of methoxy groups -OCH3 is 1. The van der Waals surface area contributed by atoms with Crippen LogP contribution in [-0.4, -0.2) is 62.5 Å². The summed E-state index contributed by atoms with van der Waals surface area (Å²) in [6, 6.07) is 15.8. The molecule has 1 fully saturated rings. The Morgan fingerprint density at radius 3 is 2.52 bits per heavy atom. The van der Waals surface area contributed by atoms with Gasteiger partial charge in [0.15, 0.2) is 11.5 Å². The van der Waals surface area contributed by atoms with Gasteiger partial charge < -0.3 is 19.9 Å². The zero-order valence-corrected chi connectivity index (χ0v) is 18.3. The maximum atomic E-state index is 12.7. The fourth-order valence-corrected chi connectivity index (χ4v) is 4.03. The third-order valence-corrected chi connectivity index (χ3v) is 5.68. The monoisotopic (exact) mass is 439 g/mol. The van der Waals surface area contributed by atoms with Crippen LogP contribution in [0.1, 0.15) is 16.9 Å². The van der Waals surface area contributed by atoms with Gasteiger partial charge in [0.1, 0.15) is 0 Å². The number of piperazine rings is 1. The van der Waals surface area contributed by atoms with Gasteiger partial charge in [-0.1, -0.05) is 41.9 Å². The molecule has 162 valence electrons. The van der Waals surface area contributed by atoms with E-state index < -0.39 is 0 Å². The second-order valence-electron chi connectivity index (χ2n) is 7.47. The summed E-state index contributed by atoms with van der Waals surface area (Å²) in [5, 5.41) is 14.2. The van der Waals surface area contributed by atoms with Crippen molar-refractivity contribution in [1.82, 2.24) is 15.5 Å². The van der Waals surface area contributed by atoms with Gasteiger partial charge in [0, 0.05) is 67.9 Å². The van der Waals surface area contributed by atoms with E-state index in [4.69, 9.17) is 16.3 Å². The quantitative estimate of drug-likeness (QED) is 0.569. The number of rotatable bonds is 7. The van der Waals surface area contributed by atoms with E-state index in [9.17, 15) is 4.79 Å². The lowest BCUT2D eigenvalue weighted by Gasteiger charge is -2.37. The van der Waals surface area contributed by atoms with Crippen LogP contribution in [0.4, 0.5) is 11.5 Å². The zero-order valence-electron chi connectivity index (χ0n) is 17.6. The molecule has 0 aliphatic carbocycles. The molecule has 3 aromatic rings. The Morgan fingerprint density at radius 1 is 1.03 bits per heavy atom. The Hall–Kier alpha value is -2.90. The summed E-state index contributed by atoms with van der Waals surface area (Å²) in [4.78, 5) is 17.2. The standard InChI is InChI=1S/C23H26ClN5O2/c1-31-15-5-10-25-23(30)21-19-8-2-3-9-20(19)22(27-26-21)29-13-11-28(12-14-29)18-7-4-6-17(24)16-18/h2-4,6-9,16H,5,10-15H2,1H3,(H,25,30). The number of anilines is 2. The first-order valence-corrected chi connectivity index (χ1v) is 10.8. The van der Waals surface area contributed by atoms with Crippen LogP contribution in [0, 0.1) is 0 Å². The van der Waals surface area contributed by atoms with Crippen molar-refractivity contribution in [2.24, 2.45) is 0 Å². The number of carbonyl (C=O) groups is 1. The minimum atomic E-state index is -0.211. The summed E-state index contributed by atoms with van der Waals surface area (Å²) < 4.78 is 5.03. The SMILES string of the molecule is COCCCNC(=O)c1nnc(N2CCN(c3cccc(Cl)c3)CC2)c2ccccc12. The second kappa shape index (κ2) is 9.94. The third kappa shape index (κ3) is 4.89. The van der Waals surface area contributed by atoms with Crippen LogP contribution in [-0.2, 0) is 4.74 Å². The number of aromatic nitrogens is 2. The van der Waals surface area contributed by atoms with Gasteiger partial charge in [0.05, 0.1) is 0 Å². The highest BCUT2D eigenvalue weighted by molar-refractivity contribution is 6.30. The van der Waals surface area contributed by atoms with Crippen LogP contribution in [0.25, 0.3) is 10.8 Å². The highest BCUT2D eigenvalue weighted by Crippen LogP contribution is 2.28. The summed E-state index contributed by atoms with van der Waals surface area (Å²) in [5.41, 5.74) is 1.48. The predicted octanol–water partition coefficient (Wildman–Crippen LogP) is 3.38. The Balaban J connectivity index is 1.51. The van der Waals surface area contributed by atoms with Crippen LogP contribution in [0.2, 0.25) is 5.02 Å². The number of nitrogens with zero attached hydrogens (tertiary/aromatic N) is 4. The zero-order chi connectivity index (χ0) is 21.6. The van der Waals surface area contributed by atoms with E-state index in [1.165, 1.54) is 0 Å². The van der Waals surface area contributed by atoms with Gasteiger partial charge in [0.25, 0.3) is 5.91 Å². The van der Waals surface area contributed by atoms with Gasteiger partial charge in [-0.2, -0.15) is 0 Å². The van der Waals surface area contributed by atoms with E-state index in [1.54, 1.807) is 7.11 Å². The van der Waals surface area contributed by atoms with Crippen LogP contribution < -0.4 is 15.1 Å². The van der Waals surface area contributed by atoms with Gasteiger partial charge in [-0.3, -0.25) is 4.79 Å². The molecule has 2 aromatic carbocycles. The van der Waals surface area contributed by atoms with Gasteiger partial charge in [-0.15, -0.1) is 10.2 Å². The number of nitrogens with one attached hydrogen (secondary N) is 1. The maximum Gasteiger partial charge on any atom is 0.272 e. The molecule has 0 atom stereocenters. The van der Waals surface area contributed by atoms with Gasteiger partial charge in [0.2, 0.25) is 0 Å². The van der Waals surface area contributed by atoms with E-state index in [0.29, 0.717) is 18.8 Å². The minimum Gasteiger partial charge on any atom is -0.385 e. The molecule has 1 aromatic heterocycles. The van der Waals surface area contributed by atoms with Crippen molar-refractivity contribution < 1.29 is 9.53 Å². The number of fused-ring (bicyclic) bond motifs is 1. The molecule has 0 bridgehead atoms. The van der Waals surface area contributed by atoms with Crippen LogP contribution in [0.5, 0.6) is 0 Å². The molecular formula is C23H26ClN5O2. The van der Waals surface area contributed by atoms with Gasteiger partial charge >= 0.3 is 0 Å². The molecule has 1 N–H and O–H groups in total. The van der Waals surface area contributed by atoms with Crippen molar-refractivity contribution in [3.63, 3.8) is 0 Å². The van der Waals surface area contributed by atoms with Gasteiger partial charge in [-0.05, 0) is 24.6 Å². The fourth-order valence-electron chi connectivity index (χ4n) is 3.84. The van der Waals surface area contributed by atoms with E-state index in [1.807, 2.05) is 42.5 Å². The number of amides is 1. The molecule has 0 radical (unpaired) electrons. The molecular weight excluding hydrogens is 414 g/mol. The molecule has 1 aliphatic heterocycles. The summed E-state index contributed by atoms with van der Waals surface area (Å²) in [7, 11) is 1.65. The van der Waals surface area contributed by atoms with E-state index >= 15 is 0 Å². The summed E-state index contributed by atoms with van der Waals surface area (Å²) in [6.45, 7) is 4.49. The van der Waals surface area contributed by atoms with Crippen molar-refractivity contribution in [3.05, 3.63) is 59.2 Å². The van der Waals surface area contributed by atoms with E-state index in [-0.39, 0.29) is 5.91 Å². The lowest BCUT2D eigenvalue weighted by Crippen LogP contribution is -2.47. The van der Waals surface area contributed by atoms with Crippen molar-refractivity contribution in [2.75, 3.05) is 56.2 Å². The Bertz CT molecular complexity index is 1050. The maximum absolute atomic E-state index is 12.7. The summed E-state index contributed by atoms with van der Waals surface area (Å²) in [6.07, 6.45) is 0.753. The minimum absolute atomic E-state index is 0.211. The summed E-state index contributed by atoms with van der Waals surface area (Å²) >= 11 is 6.15. The van der Waals surface area contributed by atoms with E-state index in [2.05, 4.69) is 31.4 Å². The number of ether oxygens (including phenoxy) is 1. The fraction of sp³-hybridized carbons (Fsp3) is 0.348. The third-order valence-electron chi connectivity index (χ3n) is 5.45. The molecule has 0 spiro atoms. The average Bonchev–Trinajstić information content (AvgIpc) is 2.81. The normalized spacial score (nSPS) is 14.1. The van der Waals surface area contributed by atoms with Gasteiger partial charge in [-0.25, -0.2) is 0 Å². The Labute approximate surface area is 187 Å². The predicted molar refractivity (Wildman–Crippen MR) is 124 cm³/mol. The first-order valence-electron chi connectivity index (χ1n) is 10.5. The summed E-state index contributed by atoms with van der Waals surface area (Å²) in [5.74, 6) is 0.606. The highest BCUT2D eigenvalue weighted by Gasteiger charge is 2.22. The molecule has 1 saturated heterocycles. The molecule has 4 rings (SSSR count). The number of hydrogen-bond acceptors (Lipinski definition) is 6. The molecule has 1 aliphatic rings. The number of halogens is 1. The van der Waals surface area contributed by atoms with Crippen LogP contribution >= 0.6 is 11.6 Å². The average molecular weight is 440 g/mol. The van der Waals surface area contributed by atoms with Crippen molar-refractivity contribution in [2.45, 2.75) is 6.42 Å². The first kappa shape index (κ1) is 21.3. The smallest absolute Gasteiger partial charge is 0.272 e. The molecule has 7 nitrogen and oxygen atoms in total. The largest absolute Gasteiger partial charge is 0.385 e. The molecule has 0 unspecified atom stereocenters. The molecule has 1 amide bonds. The van der Waals surface area contributed by atoms with Crippen LogP contribution in [0.3, 0.4) is 0 Å².